The van der Waals surface area contributed by atoms with Crippen LogP contribution in [0.4, 0.5) is 0 Å². The van der Waals surface area contributed by atoms with Gasteiger partial charge in [-0.2, -0.15) is 10.5 Å². The van der Waals surface area contributed by atoms with Crippen molar-refractivity contribution in [2.45, 2.75) is 65.9 Å². The van der Waals surface area contributed by atoms with Crippen LogP contribution in [0.2, 0.25) is 10.0 Å². The molecule has 6 rings (SSSR count). The second-order valence-electron chi connectivity index (χ2n) is 14.9. The summed E-state index contributed by atoms with van der Waals surface area (Å²) in [6, 6.07) is 26.3. The van der Waals surface area contributed by atoms with Gasteiger partial charge in [-0.05, 0) is 78.4 Å². The highest BCUT2D eigenvalue weighted by Gasteiger charge is 2.23. The summed E-state index contributed by atoms with van der Waals surface area (Å²) in [5.74, 6) is 1.65. The lowest BCUT2D eigenvalue weighted by Gasteiger charge is -2.27. The van der Waals surface area contributed by atoms with Crippen LogP contribution in [0.3, 0.4) is 0 Å². The fourth-order valence-electron chi connectivity index (χ4n) is 6.53. The molecular formula is C48H45Cl2N5O7. The Morgan fingerprint density at radius 2 is 1.05 bits per heavy atom. The number of aliphatic hydroxyl groups excluding tert-OH is 3. The van der Waals surface area contributed by atoms with Crippen molar-refractivity contribution in [3.05, 3.63) is 163 Å². The van der Waals surface area contributed by atoms with E-state index in [4.69, 9.17) is 42.1 Å². The predicted octanol–water partition coefficient (Wildman–Crippen LogP) is 8.45. The van der Waals surface area contributed by atoms with Crippen molar-refractivity contribution in [2.24, 2.45) is 0 Å². The molecule has 2 aromatic heterocycles. The highest BCUT2D eigenvalue weighted by Crippen LogP contribution is 2.37. The summed E-state index contributed by atoms with van der Waals surface area (Å²) in [6.45, 7) is 5.81. The molecule has 0 aliphatic heterocycles. The van der Waals surface area contributed by atoms with E-state index in [1.807, 2.05) is 38.1 Å². The Morgan fingerprint density at radius 3 is 1.50 bits per heavy atom. The van der Waals surface area contributed by atoms with E-state index in [2.05, 4.69) is 39.6 Å². The van der Waals surface area contributed by atoms with Crippen LogP contribution in [0.25, 0.3) is 11.1 Å². The van der Waals surface area contributed by atoms with E-state index in [0.717, 1.165) is 33.4 Å². The lowest BCUT2D eigenvalue weighted by molar-refractivity contribution is 0.103. The van der Waals surface area contributed by atoms with Crippen LogP contribution in [-0.2, 0) is 39.6 Å². The summed E-state index contributed by atoms with van der Waals surface area (Å²) in [5, 5.41) is 52.1. The molecule has 0 saturated heterocycles. The van der Waals surface area contributed by atoms with Gasteiger partial charge in [0.05, 0.1) is 46.5 Å². The fourth-order valence-corrected chi connectivity index (χ4v) is 7.01. The van der Waals surface area contributed by atoms with E-state index in [1.54, 1.807) is 55.7 Å². The van der Waals surface area contributed by atoms with Crippen LogP contribution in [0.15, 0.2) is 97.6 Å². The second-order valence-corrected chi connectivity index (χ2v) is 15.7. The molecule has 0 aliphatic carbocycles. The molecule has 0 fully saturated rings. The molecule has 318 valence electrons. The average Bonchev–Trinajstić information content (AvgIpc) is 3.30. The number of halogens is 2. The van der Waals surface area contributed by atoms with Crippen molar-refractivity contribution < 1.29 is 34.3 Å². The molecule has 4 aromatic carbocycles. The molecule has 62 heavy (non-hydrogen) atoms. The normalized spacial score (nSPS) is 11.1. The predicted molar refractivity (Wildman–Crippen MR) is 235 cm³/mol. The summed E-state index contributed by atoms with van der Waals surface area (Å²) in [4.78, 5) is 8.21. The van der Waals surface area contributed by atoms with E-state index in [1.165, 1.54) is 12.4 Å². The first-order chi connectivity index (χ1) is 30.0. The third-order valence-electron chi connectivity index (χ3n) is 10.4. The zero-order chi connectivity index (χ0) is 44.2. The maximum atomic E-state index is 10.0. The number of aliphatic hydroxyl groups is 3. The van der Waals surface area contributed by atoms with Gasteiger partial charge in [-0.1, -0.05) is 59.6 Å². The van der Waals surface area contributed by atoms with Crippen LogP contribution in [-0.4, -0.2) is 44.0 Å². The van der Waals surface area contributed by atoms with Gasteiger partial charge < -0.3 is 39.6 Å². The van der Waals surface area contributed by atoms with Gasteiger partial charge in [-0.15, -0.1) is 0 Å². The SMILES string of the molecule is Cc1c(COc2cc(OCc3cncc(C#N)c3)c(CO)cc2Cl)cccc1-c1cccc(COc2cc(OCc3cncc(C#N)c3)c(CNC(C)(CO)CO)cc2Cl)c1C. The summed E-state index contributed by atoms with van der Waals surface area (Å²) in [5.41, 5.74) is 8.39. The first-order valence-corrected chi connectivity index (χ1v) is 20.3. The first kappa shape index (κ1) is 45.3. The topological polar surface area (TPSA) is 183 Å². The molecule has 0 unspecified atom stereocenters. The smallest absolute Gasteiger partial charge is 0.142 e. The van der Waals surface area contributed by atoms with Gasteiger partial charge in [-0.25, -0.2) is 0 Å². The molecule has 0 atom stereocenters. The van der Waals surface area contributed by atoms with Crippen molar-refractivity contribution in [3.8, 4) is 46.3 Å². The third-order valence-corrected chi connectivity index (χ3v) is 11.0. The van der Waals surface area contributed by atoms with Crippen LogP contribution in [0.1, 0.15) is 62.6 Å². The highest BCUT2D eigenvalue weighted by molar-refractivity contribution is 6.32. The molecule has 12 nitrogen and oxygen atoms in total. The zero-order valence-electron chi connectivity index (χ0n) is 34.4. The first-order valence-electron chi connectivity index (χ1n) is 19.6. The Kier molecular flexibility index (Phi) is 15.4. The maximum absolute atomic E-state index is 10.0. The highest BCUT2D eigenvalue weighted by atomic mass is 35.5. The summed E-state index contributed by atoms with van der Waals surface area (Å²) >= 11 is 13.4. The molecule has 0 saturated carbocycles. The van der Waals surface area contributed by atoms with E-state index < -0.39 is 5.54 Å². The quantitative estimate of drug-likeness (QED) is 0.0610. The summed E-state index contributed by atoms with van der Waals surface area (Å²) in [7, 11) is 0. The Morgan fingerprint density at radius 1 is 0.597 bits per heavy atom. The van der Waals surface area contributed by atoms with E-state index in [-0.39, 0.29) is 52.8 Å². The summed E-state index contributed by atoms with van der Waals surface area (Å²) < 4.78 is 24.9. The number of ether oxygens (including phenoxy) is 4. The van der Waals surface area contributed by atoms with Gasteiger partial charge >= 0.3 is 0 Å². The van der Waals surface area contributed by atoms with Crippen LogP contribution in [0.5, 0.6) is 23.0 Å². The lowest BCUT2D eigenvalue weighted by Crippen LogP contribution is -2.48. The zero-order valence-corrected chi connectivity index (χ0v) is 35.9. The monoisotopic (exact) mass is 873 g/mol. The number of aromatic nitrogens is 2. The van der Waals surface area contributed by atoms with Gasteiger partial charge in [-0.3, -0.25) is 9.97 Å². The van der Waals surface area contributed by atoms with Crippen molar-refractivity contribution in [3.63, 3.8) is 0 Å². The largest absolute Gasteiger partial charge is 0.488 e. The van der Waals surface area contributed by atoms with Gasteiger partial charge in [0.2, 0.25) is 0 Å². The van der Waals surface area contributed by atoms with E-state index in [0.29, 0.717) is 66.4 Å². The van der Waals surface area contributed by atoms with Crippen LogP contribution >= 0.6 is 23.2 Å². The number of pyridine rings is 2. The van der Waals surface area contributed by atoms with E-state index >= 15 is 0 Å². The number of nitrogens with one attached hydrogen (secondary N) is 1. The van der Waals surface area contributed by atoms with Crippen LogP contribution < -0.4 is 24.3 Å². The number of rotatable bonds is 19. The van der Waals surface area contributed by atoms with Gasteiger partial charge in [0, 0.05) is 65.7 Å². The van der Waals surface area contributed by atoms with Gasteiger partial charge in [0.1, 0.15) is 61.6 Å². The van der Waals surface area contributed by atoms with Crippen molar-refractivity contribution in [1.29, 1.82) is 10.5 Å². The van der Waals surface area contributed by atoms with Crippen molar-refractivity contribution in [2.75, 3.05) is 13.2 Å². The Balaban J connectivity index is 1.19. The standard InChI is InChI=1S/C48H45Cl2N5O7/c1-30-36(26-61-46-14-44(59-24-34-10-32(16-51)18-53-20-34)38(12-42(46)49)22-55-48(3,28-57)29-58)6-4-8-40(30)41-9-5-7-37(31(41)2)27-62-47-15-45(39(23-56)13-43(47)50)60-25-35-11-33(17-52)19-54-21-35/h4-15,18-21,55-58H,22-29H2,1-3H3. The van der Waals surface area contributed by atoms with Crippen molar-refractivity contribution in [1.82, 2.24) is 15.3 Å². The van der Waals surface area contributed by atoms with Crippen molar-refractivity contribution >= 4 is 23.2 Å². The molecule has 0 spiro atoms. The molecule has 0 amide bonds. The number of hydrogen-bond donors (Lipinski definition) is 4. The molecule has 6 aromatic rings. The number of nitriles is 2. The molecule has 0 radical (unpaired) electrons. The lowest BCUT2D eigenvalue weighted by atomic mass is 9.92. The fraction of sp³-hybridized carbons (Fsp3) is 0.250. The average molecular weight is 875 g/mol. The van der Waals surface area contributed by atoms with Gasteiger partial charge in [0.15, 0.2) is 0 Å². The molecule has 0 bridgehead atoms. The van der Waals surface area contributed by atoms with Gasteiger partial charge in [0.25, 0.3) is 0 Å². The van der Waals surface area contributed by atoms with E-state index in [9.17, 15) is 25.8 Å². The third kappa shape index (κ3) is 11.2. The number of benzene rings is 4. The Hall–Kier alpha value is -6.22. The maximum Gasteiger partial charge on any atom is 0.142 e. The Labute approximate surface area is 370 Å². The molecular weight excluding hydrogens is 829 g/mol. The molecule has 14 heteroatoms. The minimum absolute atomic E-state index is 0.120. The Bertz CT molecular complexity index is 2620. The number of hydrogen-bond acceptors (Lipinski definition) is 12. The van der Waals surface area contributed by atoms with Crippen LogP contribution in [0, 0.1) is 36.5 Å². The summed E-state index contributed by atoms with van der Waals surface area (Å²) in [6.07, 6.45) is 6.19. The minimum atomic E-state index is -0.940. The molecule has 4 N–H and O–H groups in total. The second kappa shape index (κ2) is 21.0. The number of nitrogens with zero attached hydrogens (tertiary/aromatic N) is 4. The molecule has 0 aliphatic rings. The minimum Gasteiger partial charge on any atom is -0.488 e. The molecule has 2 heterocycles.